The SMILES string of the molecule is CCC(C)(C)OC(=O)C(=O)CC(=O)N(Cc1ccc(Cl)c(Cl)c1)c1cccc(S(=O)(=O)N(C)C)c1. The van der Waals surface area contributed by atoms with Crippen LogP contribution in [0.15, 0.2) is 47.4 Å². The van der Waals surface area contributed by atoms with Crippen molar-refractivity contribution in [1.29, 1.82) is 0 Å². The number of sulfonamides is 1. The highest BCUT2D eigenvalue weighted by atomic mass is 35.5. The fourth-order valence-electron chi connectivity index (χ4n) is 2.85. The molecule has 0 atom stereocenters. The predicted octanol–water partition coefficient (Wildman–Crippen LogP) is 4.47. The van der Waals surface area contributed by atoms with Gasteiger partial charge in [0.05, 0.1) is 27.9 Å². The molecule has 0 spiro atoms. The Morgan fingerprint density at radius 2 is 1.66 bits per heavy atom. The molecule has 35 heavy (non-hydrogen) atoms. The summed E-state index contributed by atoms with van der Waals surface area (Å²) < 4.78 is 31.5. The van der Waals surface area contributed by atoms with E-state index >= 15 is 0 Å². The lowest BCUT2D eigenvalue weighted by atomic mass is 10.1. The molecular formula is C24H28Cl2N2O6S. The molecule has 0 aliphatic rings. The lowest BCUT2D eigenvalue weighted by Gasteiger charge is -2.25. The average molecular weight is 543 g/mol. The molecule has 11 heteroatoms. The second kappa shape index (κ2) is 11.5. The standard InChI is InChI=1S/C24H28Cl2N2O6S/c1-6-24(2,3)34-23(31)21(29)14-22(30)28(15-16-10-11-19(25)20(26)12-16)17-8-7-9-18(13-17)35(32,33)27(4)5/h7-13H,6,14-15H2,1-5H3. The zero-order valence-electron chi connectivity index (χ0n) is 20.2. The second-order valence-electron chi connectivity index (χ2n) is 8.62. The predicted molar refractivity (Wildman–Crippen MR) is 135 cm³/mol. The summed E-state index contributed by atoms with van der Waals surface area (Å²) in [7, 11) is -1.00. The zero-order chi connectivity index (χ0) is 26.6. The Bertz CT molecular complexity index is 1230. The molecule has 2 aromatic carbocycles. The molecule has 1 amide bonds. The highest BCUT2D eigenvalue weighted by Gasteiger charge is 2.29. The van der Waals surface area contributed by atoms with E-state index in [2.05, 4.69) is 0 Å². The zero-order valence-corrected chi connectivity index (χ0v) is 22.5. The summed E-state index contributed by atoms with van der Waals surface area (Å²) in [6, 6.07) is 10.5. The van der Waals surface area contributed by atoms with Crippen LogP contribution >= 0.6 is 23.2 Å². The molecule has 0 unspecified atom stereocenters. The third kappa shape index (κ3) is 7.51. The van der Waals surface area contributed by atoms with Crippen LogP contribution in [0.25, 0.3) is 0 Å². The Labute approximate surface area is 215 Å². The van der Waals surface area contributed by atoms with E-state index in [1.54, 1.807) is 39.0 Å². The topological polar surface area (TPSA) is 101 Å². The molecule has 8 nitrogen and oxygen atoms in total. The summed E-state index contributed by atoms with van der Waals surface area (Å²) in [6.07, 6.45) is -0.277. The summed E-state index contributed by atoms with van der Waals surface area (Å²) >= 11 is 12.1. The molecule has 2 rings (SSSR count). The maximum absolute atomic E-state index is 13.2. The number of amides is 1. The van der Waals surface area contributed by atoms with Gasteiger partial charge in [0.25, 0.3) is 0 Å². The molecule has 0 bridgehead atoms. The first-order valence-electron chi connectivity index (χ1n) is 10.7. The van der Waals surface area contributed by atoms with Crippen LogP contribution in [0, 0.1) is 0 Å². The van der Waals surface area contributed by atoms with Crippen molar-refractivity contribution in [2.45, 2.75) is 50.7 Å². The van der Waals surface area contributed by atoms with Gasteiger partial charge in [0.1, 0.15) is 5.60 Å². The van der Waals surface area contributed by atoms with Gasteiger partial charge in [-0.3, -0.25) is 9.59 Å². The molecule has 0 heterocycles. The van der Waals surface area contributed by atoms with E-state index in [1.165, 1.54) is 43.3 Å². The molecular weight excluding hydrogens is 515 g/mol. The number of Topliss-reactive ketones (excluding diaryl/α,β-unsaturated/α-hetero) is 1. The van der Waals surface area contributed by atoms with Gasteiger partial charge in [-0.1, -0.05) is 42.3 Å². The number of ketones is 1. The van der Waals surface area contributed by atoms with Gasteiger partial charge in [0, 0.05) is 19.8 Å². The van der Waals surface area contributed by atoms with Crippen LogP contribution in [-0.2, 0) is 35.7 Å². The quantitative estimate of drug-likeness (QED) is 0.249. The number of halogens is 2. The van der Waals surface area contributed by atoms with Crippen molar-refractivity contribution >= 4 is 56.6 Å². The van der Waals surface area contributed by atoms with Crippen molar-refractivity contribution in [2.24, 2.45) is 0 Å². The second-order valence-corrected chi connectivity index (χ2v) is 11.6. The number of anilines is 1. The Kier molecular flexibility index (Phi) is 9.47. The van der Waals surface area contributed by atoms with Gasteiger partial charge in [0.2, 0.25) is 21.7 Å². The molecule has 0 aliphatic heterocycles. The minimum absolute atomic E-state index is 0.0395. The van der Waals surface area contributed by atoms with E-state index < -0.39 is 39.7 Å². The van der Waals surface area contributed by atoms with Gasteiger partial charge < -0.3 is 9.64 Å². The smallest absolute Gasteiger partial charge is 0.375 e. The van der Waals surface area contributed by atoms with Crippen molar-refractivity contribution in [3.05, 3.63) is 58.1 Å². The van der Waals surface area contributed by atoms with Gasteiger partial charge in [-0.05, 0) is 56.2 Å². The van der Waals surface area contributed by atoms with Crippen LogP contribution in [0.2, 0.25) is 10.0 Å². The summed E-state index contributed by atoms with van der Waals surface area (Å²) in [4.78, 5) is 39.1. The van der Waals surface area contributed by atoms with Crippen molar-refractivity contribution in [3.63, 3.8) is 0 Å². The number of esters is 1. The summed E-state index contributed by atoms with van der Waals surface area (Å²) in [5.74, 6) is -2.83. The lowest BCUT2D eigenvalue weighted by molar-refractivity contribution is -0.164. The van der Waals surface area contributed by atoms with Crippen LogP contribution in [0.1, 0.15) is 39.2 Å². The summed E-state index contributed by atoms with van der Waals surface area (Å²) in [5.41, 5.74) is -0.0560. The Morgan fingerprint density at radius 3 is 2.23 bits per heavy atom. The van der Waals surface area contributed by atoms with Gasteiger partial charge in [-0.15, -0.1) is 0 Å². The first-order valence-corrected chi connectivity index (χ1v) is 12.9. The number of nitrogens with zero attached hydrogens (tertiary/aromatic N) is 2. The van der Waals surface area contributed by atoms with E-state index in [4.69, 9.17) is 27.9 Å². The number of hydrogen-bond acceptors (Lipinski definition) is 6. The molecule has 0 radical (unpaired) electrons. The molecule has 0 N–H and O–H groups in total. The normalized spacial score (nSPS) is 11.9. The number of carbonyl (C=O) groups is 3. The van der Waals surface area contributed by atoms with E-state index in [1.807, 2.05) is 0 Å². The molecule has 2 aromatic rings. The molecule has 0 aliphatic carbocycles. The number of hydrogen-bond donors (Lipinski definition) is 0. The van der Waals surface area contributed by atoms with Crippen LogP contribution < -0.4 is 4.90 Å². The van der Waals surface area contributed by atoms with Crippen LogP contribution in [0.5, 0.6) is 0 Å². The summed E-state index contributed by atoms with van der Waals surface area (Å²) in [5, 5.41) is 0.589. The fraction of sp³-hybridized carbons (Fsp3) is 0.375. The molecule has 0 aromatic heterocycles. The Morgan fingerprint density at radius 1 is 1.00 bits per heavy atom. The van der Waals surface area contributed by atoms with E-state index in [0.29, 0.717) is 17.0 Å². The van der Waals surface area contributed by atoms with E-state index in [-0.39, 0.29) is 22.2 Å². The largest absolute Gasteiger partial charge is 0.454 e. The van der Waals surface area contributed by atoms with Crippen LogP contribution in [0.3, 0.4) is 0 Å². The third-order valence-electron chi connectivity index (χ3n) is 5.29. The van der Waals surface area contributed by atoms with Gasteiger partial charge in [-0.25, -0.2) is 17.5 Å². The Hall–Kier alpha value is -2.46. The lowest BCUT2D eigenvalue weighted by Crippen LogP contribution is -2.36. The third-order valence-corrected chi connectivity index (χ3v) is 7.84. The van der Waals surface area contributed by atoms with E-state index in [9.17, 15) is 22.8 Å². The number of ether oxygens (including phenoxy) is 1. The number of benzene rings is 2. The van der Waals surface area contributed by atoms with Crippen LogP contribution in [0.4, 0.5) is 5.69 Å². The molecule has 0 fully saturated rings. The maximum Gasteiger partial charge on any atom is 0.375 e. The molecule has 0 saturated heterocycles. The van der Waals surface area contributed by atoms with Crippen molar-refractivity contribution in [1.82, 2.24) is 4.31 Å². The first-order chi connectivity index (χ1) is 16.2. The van der Waals surface area contributed by atoms with Crippen molar-refractivity contribution in [2.75, 3.05) is 19.0 Å². The molecule has 190 valence electrons. The minimum Gasteiger partial charge on any atom is -0.454 e. The van der Waals surface area contributed by atoms with Crippen molar-refractivity contribution < 1.29 is 27.5 Å². The fourth-order valence-corrected chi connectivity index (χ4v) is 4.11. The highest BCUT2D eigenvalue weighted by Crippen LogP contribution is 2.27. The summed E-state index contributed by atoms with van der Waals surface area (Å²) in [6.45, 7) is 5.07. The van der Waals surface area contributed by atoms with Crippen molar-refractivity contribution in [3.8, 4) is 0 Å². The number of carbonyl (C=O) groups excluding carboxylic acids is 3. The molecule has 0 saturated carbocycles. The minimum atomic E-state index is -3.79. The average Bonchev–Trinajstić information content (AvgIpc) is 2.79. The Balaban J connectivity index is 2.43. The first kappa shape index (κ1) is 28.8. The van der Waals surface area contributed by atoms with Gasteiger partial charge >= 0.3 is 5.97 Å². The maximum atomic E-state index is 13.2. The van der Waals surface area contributed by atoms with E-state index in [0.717, 1.165) is 4.31 Å². The highest BCUT2D eigenvalue weighted by molar-refractivity contribution is 7.89. The van der Waals surface area contributed by atoms with Gasteiger partial charge in [-0.2, -0.15) is 0 Å². The van der Waals surface area contributed by atoms with Gasteiger partial charge in [0.15, 0.2) is 0 Å². The number of rotatable bonds is 10. The van der Waals surface area contributed by atoms with Crippen LogP contribution in [-0.4, -0.2) is 50.1 Å². The monoisotopic (exact) mass is 542 g/mol.